The maximum Gasteiger partial charge on any atom is 0.217 e. The number of hydrogen-bond acceptors (Lipinski definition) is 1. The van der Waals surface area contributed by atoms with E-state index < -0.39 is 0 Å². The molecule has 0 heterocycles. The smallest absolute Gasteiger partial charge is 0.217 e. The fourth-order valence-corrected chi connectivity index (χ4v) is 1.49. The molecule has 15 heavy (non-hydrogen) atoms. The van der Waals surface area contributed by atoms with Gasteiger partial charge in [0, 0.05) is 18.8 Å². The van der Waals surface area contributed by atoms with E-state index in [-0.39, 0.29) is 5.91 Å². The Morgan fingerprint density at radius 1 is 1.40 bits per heavy atom. The SMILES string of the molecule is CC(=O)NCC=Cc1ccc(CBr)cc1. The second kappa shape index (κ2) is 6.40. The third-order valence-electron chi connectivity index (χ3n) is 1.91. The molecule has 80 valence electrons. The van der Waals surface area contributed by atoms with Crippen molar-refractivity contribution in [2.75, 3.05) is 6.54 Å². The summed E-state index contributed by atoms with van der Waals surface area (Å²) in [5, 5.41) is 3.58. The lowest BCUT2D eigenvalue weighted by Crippen LogP contribution is -2.19. The van der Waals surface area contributed by atoms with Gasteiger partial charge in [-0.05, 0) is 11.1 Å². The van der Waals surface area contributed by atoms with Gasteiger partial charge in [-0.15, -0.1) is 0 Å². The van der Waals surface area contributed by atoms with E-state index in [1.807, 2.05) is 12.2 Å². The number of amides is 1. The lowest BCUT2D eigenvalue weighted by molar-refractivity contribution is -0.118. The molecule has 2 nitrogen and oxygen atoms in total. The first-order valence-electron chi connectivity index (χ1n) is 4.78. The molecule has 0 aliphatic carbocycles. The Kier molecular flexibility index (Phi) is 5.12. The summed E-state index contributed by atoms with van der Waals surface area (Å²) in [5.41, 5.74) is 2.40. The molecule has 0 unspecified atom stereocenters. The monoisotopic (exact) mass is 267 g/mol. The predicted molar refractivity (Wildman–Crippen MR) is 66.8 cm³/mol. The molecule has 0 fully saturated rings. The summed E-state index contributed by atoms with van der Waals surface area (Å²) in [6.07, 6.45) is 3.93. The van der Waals surface area contributed by atoms with E-state index in [1.165, 1.54) is 12.5 Å². The zero-order valence-corrected chi connectivity index (χ0v) is 10.3. The van der Waals surface area contributed by atoms with Gasteiger partial charge in [-0.3, -0.25) is 4.79 Å². The largest absolute Gasteiger partial charge is 0.353 e. The second-order valence-corrected chi connectivity index (χ2v) is 3.78. The first kappa shape index (κ1) is 12.0. The highest BCUT2D eigenvalue weighted by Gasteiger charge is 1.89. The van der Waals surface area contributed by atoms with Crippen molar-refractivity contribution >= 4 is 27.9 Å². The maximum absolute atomic E-state index is 10.6. The van der Waals surface area contributed by atoms with Crippen molar-refractivity contribution in [3.63, 3.8) is 0 Å². The Balaban J connectivity index is 2.46. The van der Waals surface area contributed by atoms with Crippen LogP contribution in [0.15, 0.2) is 30.3 Å². The van der Waals surface area contributed by atoms with Gasteiger partial charge in [0.2, 0.25) is 5.91 Å². The summed E-state index contributed by atoms with van der Waals surface area (Å²) in [6, 6.07) is 8.27. The van der Waals surface area contributed by atoms with Crippen molar-refractivity contribution in [3.8, 4) is 0 Å². The molecule has 0 aliphatic heterocycles. The Labute approximate surface area is 98.5 Å². The third-order valence-corrected chi connectivity index (χ3v) is 2.56. The van der Waals surface area contributed by atoms with Crippen LogP contribution in [-0.2, 0) is 10.1 Å². The summed E-state index contributed by atoms with van der Waals surface area (Å²) in [5.74, 6) is -0.00529. The van der Waals surface area contributed by atoms with E-state index >= 15 is 0 Å². The van der Waals surface area contributed by atoms with Gasteiger partial charge in [0.15, 0.2) is 0 Å². The first-order valence-corrected chi connectivity index (χ1v) is 5.90. The number of nitrogens with one attached hydrogen (secondary N) is 1. The normalized spacial score (nSPS) is 10.5. The lowest BCUT2D eigenvalue weighted by Gasteiger charge is -1.97. The van der Waals surface area contributed by atoms with Crippen molar-refractivity contribution < 1.29 is 4.79 Å². The number of carbonyl (C=O) groups is 1. The van der Waals surface area contributed by atoms with Crippen LogP contribution in [0.4, 0.5) is 0 Å². The lowest BCUT2D eigenvalue weighted by atomic mass is 10.1. The van der Waals surface area contributed by atoms with Crippen molar-refractivity contribution in [2.45, 2.75) is 12.3 Å². The molecule has 1 aromatic carbocycles. The van der Waals surface area contributed by atoms with Crippen molar-refractivity contribution in [2.24, 2.45) is 0 Å². The molecule has 1 amide bonds. The average molecular weight is 268 g/mol. The Hall–Kier alpha value is -1.09. The minimum absolute atomic E-state index is 0.00529. The molecule has 0 saturated heterocycles. The van der Waals surface area contributed by atoms with Crippen molar-refractivity contribution in [1.82, 2.24) is 5.32 Å². The molecule has 1 N–H and O–H groups in total. The van der Waals surface area contributed by atoms with Crippen LogP contribution in [0.2, 0.25) is 0 Å². The minimum Gasteiger partial charge on any atom is -0.353 e. The average Bonchev–Trinajstić information content (AvgIpc) is 2.25. The summed E-state index contributed by atoms with van der Waals surface area (Å²) in [6.45, 7) is 2.09. The van der Waals surface area contributed by atoms with Gasteiger partial charge in [0.05, 0.1) is 0 Å². The Morgan fingerprint density at radius 2 is 2.07 bits per heavy atom. The van der Waals surface area contributed by atoms with Crippen molar-refractivity contribution in [3.05, 3.63) is 41.5 Å². The molecule has 0 spiro atoms. The second-order valence-electron chi connectivity index (χ2n) is 3.21. The van der Waals surface area contributed by atoms with Crippen molar-refractivity contribution in [1.29, 1.82) is 0 Å². The summed E-state index contributed by atoms with van der Waals surface area (Å²) >= 11 is 3.40. The zero-order valence-electron chi connectivity index (χ0n) is 8.66. The van der Waals surface area contributed by atoms with Crippen LogP contribution in [0, 0.1) is 0 Å². The Morgan fingerprint density at radius 3 is 2.60 bits per heavy atom. The third kappa shape index (κ3) is 4.79. The van der Waals surface area contributed by atoms with Crippen LogP contribution in [0.25, 0.3) is 6.08 Å². The molecular weight excluding hydrogens is 254 g/mol. The summed E-state index contributed by atoms with van der Waals surface area (Å²) in [7, 11) is 0. The van der Waals surface area contributed by atoms with Gasteiger partial charge in [0.1, 0.15) is 0 Å². The molecule has 0 saturated carbocycles. The number of rotatable bonds is 4. The molecule has 0 radical (unpaired) electrons. The number of halogens is 1. The van der Waals surface area contributed by atoms with Crippen LogP contribution in [0.5, 0.6) is 0 Å². The summed E-state index contributed by atoms with van der Waals surface area (Å²) in [4.78, 5) is 10.6. The molecular formula is C12H14BrNO. The molecule has 0 aromatic heterocycles. The molecule has 3 heteroatoms. The first-order chi connectivity index (χ1) is 7.22. The van der Waals surface area contributed by atoms with E-state index in [0.717, 1.165) is 10.9 Å². The standard InChI is InChI=1S/C12H14BrNO/c1-10(15)14-8-2-3-11-4-6-12(9-13)7-5-11/h2-7H,8-9H2,1H3,(H,14,15). The number of carbonyl (C=O) groups excluding carboxylic acids is 1. The maximum atomic E-state index is 10.6. The molecule has 0 atom stereocenters. The van der Waals surface area contributed by atoms with E-state index in [1.54, 1.807) is 0 Å². The van der Waals surface area contributed by atoms with Crippen LogP contribution in [-0.4, -0.2) is 12.5 Å². The van der Waals surface area contributed by atoms with Gasteiger partial charge in [-0.25, -0.2) is 0 Å². The van der Waals surface area contributed by atoms with Gasteiger partial charge in [-0.2, -0.15) is 0 Å². The highest BCUT2D eigenvalue weighted by atomic mass is 79.9. The highest BCUT2D eigenvalue weighted by Crippen LogP contribution is 2.08. The predicted octanol–water partition coefficient (Wildman–Crippen LogP) is 2.73. The Bertz CT molecular complexity index is 343. The van der Waals surface area contributed by atoms with Gasteiger partial charge >= 0.3 is 0 Å². The van der Waals surface area contributed by atoms with Crippen LogP contribution in [0.1, 0.15) is 18.1 Å². The molecule has 1 aromatic rings. The van der Waals surface area contributed by atoms with E-state index in [9.17, 15) is 4.79 Å². The number of benzene rings is 1. The van der Waals surface area contributed by atoms with Gasteiger partial charge < -0.3 is 5.32 Å². The highest BCUT2D eigenvalue weighted by molar-refractivity contribution is 9.08. The van der Waals surface area contributed by atoms with Crippen LogP contribution < -0.4 is 5.32 Å². The van der Waals surface area contributed by atoms with Crippen LogP contribution in [0.3, 0.4) is 0 Å². The van der Waals surface area contributed by atoms with Gasteiger partial charge in [0.25, 0.3) is 0 Å². The topological polar surface area (TPSA) is 29.1 Å². The van der Waals surface area contributed by atoms with E-state index in [4.69, 9.17) is 0 Å². The van der Waals surface area contributed by atoms with Gasteiger partial charge in [-0.1, -0.05) is 52.3 Å². The van der Waals surface area contributed by atoms with E-state index in [0.29, 0.717) is 6.54 Å². The molecule has 0 bridgehead atoms. The fourth-order valence-electron chi connectivity index (χ4n) is 1.12. The molecule has 0 aliphatic rings. The quantitative estimate of drug-likeness (QED) is 0.836. The minimum atomic E-state index is -0.00529. The number of hydrogen-bond donors (Lipinski definition) is 1. The fraction of sp³-hybridized carbons (Fsp3) is 0.250. The zero-order chi connectivity index (χ0) is 11.1. The van der Waals surface area contributed by atoms with Crippen LogP contribution >= 0.6 is 15.9 Å². The number of alkyl halides is 1. The van der Waals surface area contributed by atoms with E-state index in [2.05, 4.69) is 45.5 Å². The summed E-state index contributed by atoms with van der Waals surface area (Å²) < 4.78 is 0. The molecule has 1 rings (SSSR count).